The molecular weight excluding hydrogens is 214 g/mol. The van der Waals surface area contributed by atoms with E-state index in [-0.39, 0.29) is 0 Å². The molecule has 1 aliphatic heterocycles. The summed E-state index contributed by atoms with van der Waals surface area (Å²) < 4.78 is 0. The van der Waals surface area contributed by atoms with Crippen LogP contribution >= 0.6 is 0 Å². The van der Waals surface area contributed by atoms with Gasteiger partial charge in [-0.05, 0) is 51.1 Å². The molecule has 17 heavy (non-hydrogen) atoms. The number of hydrogen-bond acceptors (Lipinski definition) is 2. The summed E-state index contributed by atoms with van der Waals surface area (Å²) in [6.07, 6.45) is 10.1. The van der Waals surface area contributed by atoms with Gasteiger partial charge in [0.2, 0.25) is 0 Å². The lowest BCUT2D eigenvalue weighted by Gasteiger charge is -2.39. The molecule has 0 bridgehead atoms. The zero-order valence-electron chi connectivity index (χ0n) is 10.7. The van der Waals surface area contributed by atoms with Gasteiger partial charge < -0.3 is 5.11 Å². The Hall–Kier alpha value is -0.830. The second-order valence-corrected chi connectivity index (χ2v) is 5.70. The van der Waals surface area contributed by atoms with Gasteiger partial charge in [-0.3, -0.25) is 4.90 Å². The molecular formula is C14H23NO2. The third-order valence-electron chi connectivity index (χ3n) is 4.57. The van der Waals surface area contributed by atoms with Crippen LogP contribution in [0.2, 0.25) is 0 Å². The molecule has 1 N–H and O–H groups in total. The summed E-state index contributed by atoms with van der Waals surface area (Å²) in [4.78, 5) is 13.1. The van der Waals surface area contributed by atoms with Gasteiger partial charge in [0.05, 0.1) is 0 Å². The highest BCUT2D eigenvalue weighted by molar-refractivity contribution is 5.85. The Bertz CT molecular complexity index is 306. The number of aliphatic carboxylic acids is 1. The molecule has 3 nitrogen and oxygen atoms in total. The van der Waals surface area contributed by atoms with Crippen molar-refractivity contribution in [2.24, 2.45) is 5.41 Å². The number of carbonyl (C=O) groups is 1. The summed E-state index contributed by atoms with van der Waals surface area (Å²) in [5.74, 6) is -0.797. The summed E-state index contributed by atoms with van der Waals surface area (Å²) in [6, 6.07) is 0. The van der Waals surface area contributed by atoms with Crippen LogP contribution in [0, 0.1) is 5.41 Å². The summed E-state index contributed by atoms with van der Waals surface area (Å²) >= 11 is 0. The van der Waals surface area contributed by atoms with Crippen LogP contribution in [0.5, 0.6) is 0 Å². The fraction of sp³-hybridized carbons (Fsp3) is 0.786. The van der Waals surface area contributed by atoms with E-state index < -0.39 is 5.97 Å². The highest BCUT2D eigenvalue weighted by Crippen LogP contribution is 2.45. The molecule has 1 aliphatic carbocycles. The highest BCUT2D eigenvalue weighted by Gasteiger charge is 2.36. The van der Waals surface area contributed by atoms with Gasteiger partial charge in [-0.1, -0.05) is 18.9 Å². The Morgan fingerprint density at radius 3 is 2.35 bits per heavy atom. The lowest BCUT2D eigenvalue weighted by atomic mass is 9.77. The average molecular weight is 237 g/mol. The molecule has 1 saturated heterocycles. The van der Waals surface area contributed by atoms with Crippen LogP contribution in [-0.4, -0.2) is 35.6 Å². The summed E-state index contributed by atoms with van der Waals surface area (Å²) in [7, 11) is 0. The van der Waals surface area contributed by atoms with Crippen LogP contribution in [0.4, 0.5) is 0 Å². The van der Waals surface area contributed by atoms with Crippen LogP contribution in [-0.2, 0) is 4.79 Å². The van der Waals surface area contributed by atoms with E-state index in [1.54, 1.807) is 6.92 Å². The molecule has 0 radical (unpaired) electrons. The lowest BCUT2D eigenvalue weighted by molar-refractivity contribution is -0.132. The topological polar surface area (TPSA) is 40.5 Å². The Kier molecular flexibility index (Phi) is 3.87. The van der Waals surface area contributed by atoms with Gasteiger partial charge in [0.1, 0.15) is 0 Å². The predicted molar refractivity (Wildman–Crippen MR) is 68.0 cm³/mol. The van der Waals surface area contributed by atoms with Crippen LogP contribution in [0.3, 0.4) is 0 Å². The van der Waals surface area contributed by atoms with E-state index >= 15 is 0 Å². The monoisotopic (exact) mass is 237 g/mol. The first-order valence-electron chi connectivity index (χ1n) is 6.74. The molecule has 0 atom stereocenters. The first kappa shape index (κ1) is 12.6. The number of likely N-dealkylation sites (tertiary alicyclic amines) is 1. The van der Waals surface area contributed by atoms with Crippen molar-refractivity contribution in [3.05, 3.63) is 11.6 Å². The van der Waals surface area contributed by atoms with E-state index in [2.05, 4.69) is 4.90 Å². The minimum absolute atomic E-state index is 0.464. The molecule has 0 unspecified atom stereocenters. The van der Waals surface area contributed by atoms with E-state index in [1.807, 2.05) is 6.08 Å². The van der Waals surface area contributed by atoms with E-state index in [4.69, 9.17) is 5.11 Å². The average Bonchev–Trinajstić information content (AvgIpc) is 2.76. The Labute approximate surface area is 103 Å². The molecule has 1 saturated carbocycles. The normalized spacial score (nSPS) is 25.4. The van der Waals surface area contributed by atoms with Gasteiger partial charge in [-0.15, -0.1) is 0 Å². The minimum atomic E-state index is -0.797. The number of nitrogens with zero attached hydrogens (tertiary/aromatic N) is 1. The molecule has 2 fully saturated rings. The standard InChI is InChI=1S/C14H23NO2/c1-12(13(16)17)4-9-15-10-7-14(8-11-15)5-2-3-6-14/h4H,2-3,5-11H2,1H3,(H,16,17). The third-order valence-corrected chi connectivity index (χ3v) is 4.57. The molecule has 2 aliphatic rings. The third kappa shape index (κ3) is 3.09. The minimum Gasteiger partial charge on any atom is -0.478 e. The van der Waals surface area contributed by atoms with Gasteiger partial charge in [0.25, 0.3) is 0 Å². The first-order chi connectivity index (χ1) is 8.11. The second-order valence-electron chi connectivity index (χ2n) is 5.70. The maximum Gasteiger partial charge on any atom is 0.330 e. The lowest BCUT2D eigenvalue weighted by Crippen LogP contribution is -2.38. The smallest absolute Gasteiger partial charge is 0.330 e. The van der Waals surface area contributed by atoms with Crippen molar-refractivity contribution in [3.63, 3.8) is 0 Å². The molecule has 1 heterocycles. The largest absolute Gasteiger partial charge is 0.478 e. The van der Waals surface area contributed by atoms with Crippen molar-refractivity contribution in [1.29, 1.82) is 0 Å². The predicted octanol–water partition coefficient (Wildman–Crippen LogP) is 2.67. The van der Waals surface area contributed by atoms with Gasteiger partial charge in [-0.25, -0.2) is 4.79 Å². The summed E-state index contributed by atoms with van der Waals surface area (Å²) in [6.45, 7) is 4.76. The van der Waals surface area contributed by atoms with Crippen molar-refractivity contribution in [3.8, 4) is 0 Å². The number of rotatable bonds is 3. The molecule has 0 aromatic rings. The highest BCUT2D eigenvalue weighted by atomic mass is 16.4. The Balaban J connectivity index is 1.79. The SMILES string of the molecule is CC(=CCN1CCC2(CCCC2)CC1)C(=O)O. The fourth-order valence-corrected chi connectivity index (χ4v) is 3.19. The molecule has 0 amide bonds. The Morgan fingerprint density at radius 2 is 1.82 bits per heavy atom. The summed E-state index contributed by atoms with van der Waals surface area (Å²) in [5.41, 5.74) is 1.12. The number of carboxylic acids is 1. The maximum absolute atomic E-state index is 10.7. The van der Waals surface area contributed by atoms with Crippen molar-refractivity contribution < 1.29 is 9.90 Å². The van der Waals surface area contributed by atoms with Crippen LogP contribution in [0.25, 0.3) is 0 Å². The zero-order chi connectivity index (χ0) is 12.3. The molecule has 96 valence electrons. The van der Waals surface area contributed by atoms with E-state index in [9.17, 15) is 4.79 Å². The van der Waals surface area contributed by atoms with Crippen molar-refractivity contribution in [2.45, 2.75) is 45.4 Å². The number of piperidine rings is 1. The Morgan fingerprint density at radius 1 is 1.24 bits per heavy atom. The van der Waals surface area contributed by atoms with Gasteiger partial charge in [0.15, 0.2) is 0 Å². The van der Waals surface area contributed by atoms with Gasteiger partial charge in [-0.2, -0.15) is 0 Å². The van der Waals surface area contributed by atoms with Crippen molar-refractivity contribution >= 4 is 5.97 Å². The molecule has 0 aromatic heterocycles. The fourth-order valence-electron chi connectivity index (χ4n) is 3.19. The molecule has 2 rings (SSSR count). The van der Waals surface area contributed by atoms with Crippen LogP contribution < -0.4 is 0 Å². The van der Waals surface area contributed by atoms with E-state index in [0.29, 0.717) is 11.0 Å². The number of carboxylic acid groups (broad SMARTS) is 1. The zero-order valence-corrected chi connectivity index (χ0v) is 10.7. The van der Waals surface area contributed by atoms with Crippen molar-refractivity contribution in [1.82, 2.24) is 4.90 Å². The molecule has 0 aromatic carbocycles. The molecule has 1 spiro atoms. The number of hydrogen-bond donors (Lipinski definition) is 1. The first-order valence-corrected chi connectivity index (χ1v) is 6.74. The summed E-state index contributed by atoms with van der Waals surface area (Å²) in [5, 5.41) is 8.79. The van der Waals surface area contributed by atoms with Gasteiger partial charge >= 0.3 is 5.97 Å². The van der Waals surface area contributed by atoms with E-state index in [0.717, 1.165) is 19.6 Å². The molecule has 3 heteroatoms. The second kappa shape index (κ2) is 5.21. The van der Waals surface area contributed by atoms with Crippen molar-refractivity contribution in [2.75, 3.05) is 19.6 Å². The van der Waals surface area contributed by atoms with Gasteiger partial charge in [0, 0.05) is 12.1 Å². The van der Waals surface area contributed by atoms with E-state index in [1.165, 1.54) is 38.5 Å². The maximum atomic E-state index is 10.7. The quantitative estimate of drug-likeness (QED) is 0.767. The van der Waals surface area contributed by atoms with Crippen LogP contribution in [0.15, 0.2) is 11.6 Å². The van der Waals surface area contributed by atoms with Crippen LogP contribution in [0.1, 0.15) is 45.4 Å².